The number of aliphatic hydroxyl groups excluding tert-OH is 1. The lowest BCUT2D eigenvalue weighted by atomic mass is 9.67. The van der Waals surface area contributed by atoms with Crippen LogP contribution in [0.5, 0.6) is 0 Å². The van der Waals surface area contributed by atoms with Gasteiger partial charge < -0.3 is 15.7 Å². The van der Waals surface area contributed by atoms with Gasteiger partial charge in [-0.15, -0.1) is 0 Å². The van der Waals surface area contributed by atoms with Crippen molar-refractivity contribution in [3.63, 3.8) is 0 Å². The summed E-state index contributed by atoms with van der Waals surface area (Å²) in [5, 5.41) is 19.2. The van der Waals surface area contributed by atoms with Crippen LogP contribution in [0.1, 0.15) is 31.2 Å². The molecular weight excluding hydrogens is 316 g/mol. The normalized spacial score (nSPS) is 15.4. The average Bonchev–Trinajstić information content (AvgIpc) is 3.02. The average molecular weight is 342 g/mol. The predicted molar refractivity (Wildman–Crippen MR) is 96.9 cm³/mol. The Labute approximate surface area is 148 Å². The summed E-state index contributed by atoms with van der Waals surface area (Å²) in [4.78, 5) is 12.1. The van der Waals surface area contributed by atoms with E-state index in [2.05, 4.69) is 21.8 Å². The lowest BCUT2D eigenvalue weighted by molar-refractivity contribution is 0.0885. The number of aromatic nitrogens is 2. The van der Waals surface area contributed by atoms with Gasteiger partial charge in [0.05, 0.1) is 6.20 Å². The van der Waals surface area contributed by atoms with Crippen molar-refractivity contribution in [2.45, 2.75) is 32.2 Å². The second kappa shape index (κ2) is 7.70. The van der Waals surface area contributed by atoms with Crippen LogP contribution in [0, 0.1) is 5.41 Å². The number of carbonyl (C=O) groups excluding carboxylic acids is 1. The number of carbonyl (C=O) groups is 1. The van der Waals surface area contributed by atoms with Crippen molar-refractivity contribution in [3.05, 3.63) is 42.2 Å². The van der Waals surface area contributed by atoms with Crippen molar-refractivity contribution in [1.29, 1.82) is 0 Å². The molecule has 1 fully saturated rings. The maximum absolute atomic E-state index is 12.1. The molecule has 0 spiro atoms. The van der Waals surface area contributed by atoms with Crippen molar-refractivity contribution in [3.8, 4) is 11.1 Å². The van der Waals surface area contributed by atoms with E-state index in [0.717, 1.165) is 36.0 Å². The first-order valence-corrected chi connectivity index (χ1v) is 8.81. The van der Waals surface area contributed by atoms with Crippen molar-refractivity contribution < 1.29 is 9.90 Å². The number of nitrogens with zero attached hydrogens (tertiary/aromatic N) is 2. The van der Waals surface area contributed by atoms with Gasteiger partial charge in [0.2, 0.25) is 0 Å². The number of hydrogen-bond acceptors (Lipinski definition) is 3. The summed E-state index contributed by atoms with van der Waals surface area (Å²) in [7, 11) is 1.89. The Balaban J connectivity index is 1.50. The molecule has 1 aliphatic carbocycles. The summed E-state index contributed by atoms with van der Waals surface area (Å²) in [5.74, 6) is 0. The van der Waals surface area contributed by atoms with Crippen molar-refractivity contribution in [2.24, 2.45) is 12.5 Å². The van der Waals surface area contributed by atoms with E-state index in [1.54, 1.807) is 4.68 Å². The molecule has 2 aromatic rings. The van der Waals surface area contributed by atoms with Crippen LogP contribution in [0.3, 0.4) is 0 Å². The largest absolute Gasteiger partial charge is 0.396 e. The molecule has 0 bridgehead atoms. The number of hydrogen-bond donors (Lipinski definition) is 3. The third-order valence-corrected chi connectivity index (χ3v) is 5.10. The third kappa shape index (κ3) is 4.39. The minimum Gasteiger partial charge on any atom is -0.396 e. The van der Waals surface area contributed by atoms with Crippen LogP contribution >= 0.6 is 0 Å². The highest BCUT2D eigenvalue weighted by molar-refractivity contribution is 5.74. The number of nitrogens with one attached hydrogen (secondary N) is 2. The quantitative estimate of drug-likeness (QED) is 0.723. The lowest BCUT2D eigenvalue weighted by Crippen LogP contribution is -2.45. The fraction of sp³-hybridized carbons (Fsp3) is 0.474. The highest BCUT2D eigenvalue weighted by atomic mass is 16.3. The smallest absolute Gasteiger partial charge is 0.315 e. The maximum atomic E-state index is 12.1. The molecule has 2 amide bonds. The number of urea groups is 1. The first-order valence-electron chi connectivity index (χ1n) is 8.81. The van der Waals surface area contributed by atoms with Crippen LogP contribution in [0.15, 0.2) is 36.7 Å². The Morgan fingerprint density at radius 3 is 2.80 bits per heavy atom. The number of aliphatic hydroxyl groups is 1. The minimum absolute atomic E-state index is 0.103. The summed E-state index contributed by atoms with van der Waals surface area (Å²) in [6.07, 6.45) is 7.92. The Kier molecular flexibility index (Phi) is 5.38. The number of amides is 2. The minimum atomic E-state index is -0.156. The molecule has 0 unspecified atom stereocenters. The van der Waals surface area contributed by atoms with Gasteiger partial charge in [-0.3, -0.25) is 4.68 Å². The second-order valence-corrected chi connectivity index (χ2v) is 6.97. The van der Waals surface area contributed by atoms with E-state index in [9.17, 15) is 9.90 Å². The molecule has 1 aromatic heterocycles. The van der Waals surface area contributed by atoms with Crippen LogP contribution < -0.4 is 10.6 Å². The van der Waals surface area contributed by atoms with Gasteiger partial charge >= 0.3 is 6.03 Å². The molecule has 0 aliphatic heterocycles. The zero-order valence-electron chi connectivity index (χ0n) is 14.7. The molecule has 6 nitrogen and oxygen atoms in total. The molecule has 25 heavy (non-hydrogen) atoms. The van der Waals surface area contributed by atoms with Crippen LogP contribution in [0.4, 0.5) is 4.79 Å². The lowest BCUT2D eigenvalue weighted by Gasteiger charge is -2.41. The van der Waals surface area contributed by atoms with Gasteiger partial charge in [0.1, 0.15) is 0 Å². The van der Waals surface area contributed by atoms with Crippen molar-refractivity contribution in [1.82, 2.24) is 20.4 Å². The van der Waals surface area contributed by atoms with Crippen molar-refractivity contribution >= 4 is 6.03 Å². The van der Waals surface area contributed by atoms with Gasteiger partial charge in [-0.2, -0.15) is 5.10 Å². The summed E-state index contributed by atoms with van der Waals surface area (Å²) < 4.78 is 1.77. The van der Waals surface area contributed by atoms with Crippen LogP contribution in [-0.4, -0.2) is 34.1 Å². The molecule has 0 atom stereocenters. The van der Waals surface area contributed by atoms with Gasteiger partial charge in [-0.25, -0.2) is 4.79 Å². The fourth-order valence-electron chi connectivity index (χ4n) is 3.37. The SMILES string of the molecule is Cn1cc(-c2cccc(CNC(=O)NCC3(CCO)CCC3)c2)cn1. The third-order valence-electron chi connectivity index (χ3n) is 5.10. The van der Waals surface area contributed by atoms with E-state index in [-0.39, 0.29) is 18.1 Å². The molecule has 1 aliphatic rings. The Morgan fingerprint density at radius 1 is 1.32 bits per heavy atom. The van der Waals surface area contributed by atoms with Gasteiger partial charge in [0, 0.05) is 38.5 Å². The van der Waals surface area contributed by atoms with Crippen LogP contribution in [0.25, 0.3) is 11.1 Å². The molecule has 0 radical (unpaired) electrons. The second-order valence-electron chi connectivity index (χ2n) is 6.97. The molecular formula is C19H26N4O2. The van der Waals surface area contributed by atoms with Crippen LogP contribution in [0.2, 0.25) is 0 Å². The number of aryl methyl sites for hydroxylation is 1. The zero-order chi connectivity index (χ0) is 17.7. The summed E-state index contributed by atoms with van der Waals surface area (Å²) >= 11 is 0. The molecule has 1 heterocycles. The number of rotatable bonds is 7. The van der Waals surface area contributed by atoms with E-state index in [4.69, 9.17) is 0 Å². The van der Waals surface area contributed by atoms with Crippen molar-refractivity contribution in [2.75, 3.05) is 13.2 Å². The Morgan fingerprint density at radius 2 is 2.16 bits per heavy atom. The fourth-order valence-corrected chi connectivity index (χ4v) is 3.37. The zero-order valence-corrected chi connectivity index (χ0v) is 14.7. The maximum Gasteiger partial charge on any atom is 0.315 e. The molecule has 1 saturated carbocycles. The predicted octanol–water partition coefficient (Wildman–Crippen LogP) is 2.44. The summed E-state index contributed by atoms with van der Waals surface area (Å²) in [6, 6.07) is 7.93. The van der Waals surface area contributed by atoms with Crippen LogP contribution in [-0.2, 0) is 13.6 Å². The molecule has 134 valence electrons. The van der Waals surface area contributed by atoms with E-state index in [0.29, 0.717) is 13.1 Å². The van der Waals surface area contributed by atoms with E-state index in [1.165, 1.54) is 6.42 Å². The first-order chi connectivity index (χ1) is 12.1. The van der Waals surface area contributed by atoms with Gasteiger partial charge in [0.25, 0.3) is 0 Å². The molecule has 6 heteroatoms. The molecule has 1 aromatic carbocycles. The molecule has 3 rings (SSSR count). The van der Waals surface area contributed by atoms with Gasteiger partial charge in [0.15, 0.2) is 0 Å². The Bertz CT molecular complexity index is 722. The highest BCUT2D eigenvalue weighted by Gasteiger charge is 2.36. The first kappa shape index (κ1) is 17.5. The number of benzene rings is 1. The standard InChI is InChI=1S/C19H26N4O2/c1-23-13-17(12-22-23)16-5-2-4-15(10-16)11-20-18(25)21-14-19(8-9-24)6-3-7-19/h2,4-5,10,12-13,24H,3,6-9,11,14H2,1H3,(H2,20,21,25). The molecule has 0 saturated heterocycles. The Hall–Kier alpha value is -2.34. The highest BCUT2D eigenvalue weighted by Crippen LogP contribution is 2.43. The van der Waals surface area contributed by atoms with E-state index >= 15 is 0 Å². The molecule has 3 N–H and O–H groups in total. The van der Waals surface area contributed by atoms with E-state index < -0.39 is 0 Å². The van der Waals surface area contributed by atoms with E-state index in [1.807, 2.05) is 37.6 Å². The van der Waals surface area contributed by atoms with Gasteiger partial charge in [-0.1, -0.05) is 24.6 Å². The summed E-state index contributed by atoms with van der Waals surface area (Å²) in [6.45, 7) is 1.30. The van der Waals surface area contributed by atoms with Gasteiger partial charge in [-0.05, 0) is 41.9 Å². The summed E-state index contributed by atoms with van der Waals surface area (Å²) in [5.41, 5.74) is 3.30. The topological polar surface area (TPSA) is 79.2 Å². The monoisotopic (exact) mass is 342 g/mol.